The van der Waals surface area contributed by atoms with E-state index in [-0.39, 0.29) is 6.42 Å². The van der Waals surface area contributed by atoms with E-state index in [1.54, 1.807) is 24.3 Å². The van der Waals surface area contributed by atoms with E-state index in [0.717, 1.165) is 6.42 Å². The Morgan fingerprint density at radius 2 is 2.05 bits per heavy atom. The quantitative estimate of drug-likeness (QED) is 0.742. The van der Waals surface area contributed by atoms with Crippen molar-refractivity contribution < 1.29 is 19.4 Å². The third kappa shape index (κ3) is 4.65. The molecule has 0 saturated heterocycles. The zero-order valence-corrected chi connectivity index (χ0v) is 11.3. The fourth-order valence-corrected chi connectivity index (χ4v) is 1.48. The van der Waals surface area contributed by atoms with Crippen molar-refractivity contribution in [2.24, 2.45) is 0 Å². The molecular formula is C15H17NO4. The Kier molecular flexibility index (Phi) is 6.11. The summed E-state index contributed by atoms with van der Waals surface area (Å²) in [5.41, 5.74) is 0.358. The minimum atomic E-state index is -1.15. The highest BCUT2D eigenvalue weighted by Gasteiger charge is 2.19. The molecule has 2 N–H and O–H groups in total. The molecule has 1 amide bonds. The first kappa shape index (κ1) is 15.6. The lowest BCUT2D eigenvalue weighted by Crippen LogP contribution is -2.40. The van der Waals surface area contributed by atoms with Crippen LogP contribution >= 0.6 is 0 Å². The molecule has 1 aromatic carbocycles. The molecule has 0 aliphatic carbocycles. The summed E-state index contributed by atoms with van der Waals surface area (Å²) in [4.78, 5) is 22.8. The minimum absolute atomic E-state index is 0.0568. The van der Waals surface area contributed by atoms with Gasteiger partial charge in [-0.3, -0.25) is 4.79 Å². The van der Waals surface area contributed by atoms with E-state index in [1.807, 2.05) is 6.92 Å². The van der Waals surface area contributed by atoms with Gasteiger partial charge in [-0.05, 0) is 30.7 Å². The standard InChI is InChI=1S/C15H17NO4/c1-3-5-13(15(18)19)16-14(17)11-6-8-12(9-7-11)20-10-4-2/h1,6-9,13H,4-5,10H2,2H3,(H,16,17)(H,18,19). The number of terminal acetylenes is 1. The molecule has 5 heteroatoms. The Labute approximate surface area is 117 Å². The van der Waals surface area contributed by atoms with Gasteiger partial charge >= 0.3 is 5.97 Å². The van der Waals surface area contributed by atoms with E-state index in [0.29, 0.717) is 17.9 Å². The summed E-state index contributed by atoms with van der Waals surface area (Å²) in [5.74, 6) is 1.26. The number of hydrogen-bond donors (Lipinski definition) is 2. The normalized spacial score (nSPS) is 11.2. The molecule has 0 aliphatic rings. The smallest absolute Gasteiger partial charge is 0.327 e. The Morgan fingerprint density at radius 3 is 2.55 bits per heavy atom. The second kappa shape index (κ2) is 7.85. The summed E-state index contributed by atoms with van der Waals surface area (Å²) in [6.07, 6.45) is 5.91. The number of benzene rings is 1. The molecule has 0 saturated carbocycles. The predicted molar refractivity (Wildman–Crippen MR) is 74.6 cm³/mol. The zero-order chi connectivity index (χ0) is 15.0. The lowest BCUT2D eigenvalue weighted by molar-refractivity contribution is -0.139. The highest BCUT2D eigenvalue weighted by molar-refractivity contribution is 5.96. The molecule has 0 fully saturated rings. The van der Waals surface area contributed by atoms with Crippen molar-refractivity contribution >= 4 is 11.9 Å². The zero-order valence-electron chi connectivity index (χ0n) is 11.3. The van der Waals surface area contributed by atoms with Gasteiger partial charge in [-0.15, -0.1) is 12.3 Å². The summed E-state index contributed by atoms with van der Waals surface area (Å²) in [6, 6.07) is 5.41. The van der Waals surface area contributed by atoms with Crippen LogP contribution in [0.1, 0.15) is 30.1 Å². The van der Waals surface area contributed by atoms with Crippen molar-refractivity contribution in [1.82, 2.24) is 5.32 Å². The average Bonchev–Trinajstić information content (AvgIpc) is 2.45. The Bertz CT molecular complexity index is 502. The lowest BCUT2D eigenvalue weighted by atomic mass is 10.1. The van der Waals surface area contributed by atoms with Gasteiger partial charge in [0.05, 0.1) is 6.61 Å². The lowest BCUT2D eigenvalue weighted by Gasteiger charge is -2.12. The number of amides is 1. The molecule has 1 rings (SSSR count). The molecular weight excluding hydrogens is 258 g/mol. The number of carbonyl (C=O) groups is 2. The molecule has 0 bridgehead atoms. The molecule has 0 spiro atoms. The summed E-state index contributed by atoms with van der Waals surface area (Å²) in [5, 5.41) is 11.3. The molecule has 5 nitrogen and oxygen atoms in total. The van der Waals surface area contributed by atoms with Crippen LogP contribution in [0.5, 0.6) is 5.75 Å². The molecule has 20 heavy (non-hydrogen) atoms. The van der Waals surface area contributed by atoms with E-state index in [4.69, 9.17) is 16.3 Å². The number of aliphatic carboxylic acids is 1. The average molecular weight is 275 g/mol. The van der Waals surface area contributed by atoms with Gasteiger partial charge in [0.1, 0.15) is 11.8 Å². The van der Waals surface area contributed by atoms with Gasteiger partial charge in [0.15, 0.2) is 0 Å². The number of hydrogen-bond acceptors (Lipinski definition) is 3. The number of ether oxygens (including phenoxy) is 1. The molecule has 0 aliphatic heterocycles. The maximum absolute atomic E-state index is 11.9. The third-order valence-electron chi connectivity index (χ3n) is 2.51. The van der Waals surface area contributed by atoms with Crippen LogP contribution in [0.3, 0.4) is 0 Å². The Balaban J connectivity index is 2.67. The van der Waals surface area contributed by atoms with Crippen LogP contribution in [-0.2, 0) is 4.79 Å². The van der Waals surface area contributed by atoms with Crippen LogP contribution in [-0.4, -0.2) is 29.6 Å². The number of carboxylic acids is 1. The second-order valence-electron chi connectivity index (χ2n) is 4.15. The Morgan fingerprint density at radius 1 is 1.40 bits per heavy atom. The first-order valence-corrected chi connectivity index (χ1v) is 6.28. The van der Waals surface area contributed by atoms with E-state index in [1.165, 1.54) is 0 Å². The molecule has 0 radical (unpaired) electrons. The highest BCUT2D eigenvalue weighted by Crippen LogP contribution is 2.12. The van der Waals surface area contributed by atoms with Gasteiger partial charge in [-0.25, -0.2) is 4.79 Å². The van der Waals surface area contributed by atoms with Crippen molar-refractivity contribution in [3.63, 3.8) is 0 Å². The van der Waals surface area contributed by atoms with Crippen LogP contribution in [0.15, 0.2) is 24.3 Å². The SMILES string of the molecule is C#CCC(NC(=O)c1ccc(OCCC)cc1)C(=O)O. The van der Waals surface area contributed by atoms with Gasteiger partial charge < -0.3 is 15.2 Å². The number of rotatable bonds is 7. The van der Waals surface area contributed by atoms with Gasteiger partial charge in [-0.1, -0.05) is 6.92 Å². The summed E-state index contributed by atoms with van der Waals surface area (Å²) >= 11 is 0. The topological polar surface area (TPSA) is 75.6 Å². The maximum atomic E-state index is 11.9. The van der Waals surface area contributed by atoms with Gasteiger partial charge in [-0.2, -0.15) is 0 Å². The van der Waals surface area contributed by atoms with E-state index in [2.05, 4.69) is 11.2 Å². The van der Waals surface area contributed by atoms with Crippen LogP contribution in [0.2, 0.25) is 0 Å². The molecule has 0 aromatic heterocycles. The second-order valence-corrected chi connectivity index (χ2v) is 4.15. The van der Waals surface area contributed by atoms with Crippen molar-refractivity contribution in [3.8, 4) is 18.1 Å². The van der Waals surface area contributed by atoms with Gasteiger partial charge in [0, 0.05) is 12.0 Å². The Hall–Kier alpha value is -2.48. The molecule has 1 aromatic rings. The van der Waals surface area contributed by atoms with Crippen LogP contribution in [0.4, 0.5) is 0 Å². The molecule has 106 valence electrons. The van der Waals surface area contributed by atoms with Gasteiger partial charge in [0.25, 0.3) is 5.91 Å². The fourth-order valence-electron chi connectivity index (χ4n) is 1.48. The van der Waals surface area contributed by atoms with Crippen LogP contribution in [0.25, 0.3) is 0 Å². The number of carboxylic acid groups (broad SMARTS) is 1. The van der Waals surface area contributed by atoms with Crippen molar-refractivity contribution in [1.29, 1.82) is 0 Å². The van der Waals surface area contributed by atoms with Crippen molar-refractivity contribution in [2.75, 3.05) is 6.61 Å². The summed E-state index contributed by atoms with van der Waals surface area (Å²) < 4.78 is 5.40. The first-order valence-electron chi connectivity index (χ1n) is 6.28. The third-order valence-corrected chi connectivity index (χ3v) is 2.51. The van der Waals surface area contributed by atoms with E-state index < -0.39 is 17.9 Å². The number of nitrogens with one attached hydrogen (secondary N) is 1. The minimum Gasteiger partial charge on any atom is -0.494 e. The van der Waals surface area contributed by atoms with Gasteiger partial charge in [0.2, 0.25) is 0 Å². The largest absolute Gasteiger partial charge is 0.494 e. The maximum Gasteiger partial charge on any atom is 0.327 e. The molecule has 1 atom stereocenters. The first-order chi connectivity index (χ1) is 9.58. The van der Waals surface area contributed by atoms with Crippen molar-refractivity contribution in [3.05, 3.63) is 29.8 Å². The van der Waals surface area contributed by atoms with E-state index >= 15 is 0 Å². The van der Waals surface area contributed by atoms with Crippen LogP contribution in [0, 0.1) is 12.3 Å². The molecule has 0 heterocycles. The number of carbonyl (C=O) groups excluding carboxylic acids is 1. The summed E-state index contributed by atoms with van der Waals surface area (Å²) in [6.45, 7) is 2.61. The monoisotopic (exact) mass is 275 g/mol. The van der Waals surface area contributed by atoms with Crippen molar-refractivity contribution in [2.45, 2.75) is 25.8 Å². The fraction of sp³-hybridized carbons (Fsp3) is 0.333. The highest BCUT2D eigenvalue weighted by atomic mass is 16.5. The van der Waals surface area contributed by atoms with E-state index in [9.17, 15) is 9.59 Å². The predicted octanol–water partition coefficient (Wildman–Crippen LogP) is 1.68. The van der Waals surface area contributed by atoms with Crippen LogP contribution < -0.4 is 10.1 Å². The molecule has 1 unspecified atom stereocenters. The summed E-state index contributed by atoms with van der Waals surface area (Å²) in [7, 11) is 0.